The van der Waals surface area contributed by atoms with Crippen molar-refractivity contribution >= 4 is 40.8 Å². The number of rotatable bonds is 2. The molecule has 0 saturated carbocycles. The first kappa shape index (κ1) is 28.3. The third kappa shape index (κ3) is 4.84. The van der Waals surface area contributed by atoms with E-state index >= 15 is 0 Å². The van der Waals surface area contributed by atoms with Crippen LogP contribution in [0.1, 0.15) is 65.2 Å². The molecule has 0 N–H and O–H groups in total. The number of nitrogens with zero attached hydrogens (tertiary/aromatic N) is 3. The summed E-state index contributed by atoms with van der Waals surface area (Å²) in [6.07, 6.45) is 8.48. The highest BCUT2D eigenvalue weighted by Crippen LogP contribution is 2.62. The van der Waals surface area contributed by atoms with Crippen LogP contribution in [0.2, 0.25) is 0 Å². The largest absolute Gasteiger partial charge is 0.288 e. The van der Waals surface area contributed by atoms with Crippen molar-refractivity contribution in [1.82, 2.24) is 4.98 Å². The normalized spacial score (nSPS) is 20.2. The Morgan fingerprint density at radius 1 is 0.738 bits per heavy atom. The number of allylic oxidation sites excluding steroid dienone is 3. The standard InChI is InChI=1S/C38H41N3P/c1-26-15-13-21-35-40-42(8,34-20-10-9-16-30(26)34)36-31(32-18-11-12-22-39-32)17-14-19-33(36)41(35)29-24-27(37(2,3)4)23-28(25-29)38(5,6)7/h9-25H,1-8H3/q+1/b21-13-,26-15+. The average Bonchev–Trinajstić information content (AvgIpc) is 3.00. The number of benzene rings is 3. The van der Waals surface area contributed by atoms with E-state index in [9.17, 15) is 0 Å². The average molecular weight is 571 g/mol. The number of aromatic nitrogens is 1. The van der Waals surface area contributed by atoms with Crippen molar-refractivity contribution in [2.75, 3.05) is 11.6 Å². The molecule has 3 aromatic carbocycles. The summed E-state index contributed by atoms with van der Waals surface area (Å²) in [4.78, 5) is 7.23. The third-order valence-corrected chi connectivity index (χ3v) is 11.7. The van der Waals surface area contributed by atoms with Gasteiger partial charge in [0.05, 0.1) is 18.0 Å². The van der Waals surface area contributed by atoms with Crippen molar-refractivity contribution in [3.63, 3.8) is 0 Å². The molecule has 4 heteroatoms. The fourth-order valence-corrected chi connectivity index (χ4v) is 9.43. The first-order chi connectivity index (χ1) is 19.9. The van der Waals surface area contributed by atoms with Crippen LogP contribution >= 0.6 is 7.41 Å². The lowest BCUT2D eigenvalue weighted by atomic mass is 9.80. The van der Waals surface area contributed by atoms with Crippen LogP contribution in [0.25, 0.3) is 16.8 Å². The first-order valence-electron chi connectivity index (χ1n) is 14.8. The van der Waals surface area contributed by atoms with Crippen molar-refractivity contribution < 1.29 is 0 Å². The molecule has 0 radical (unpaired) electrons. The van der Waals surface area contributed by atoms with E-state index < -0.39 is 7.41 Å². The fraction of sp³-hybridized carbons (Fsp3) is 0.263. The molecule has 1 unspecified atom stereocenters. The van der Waals surface area contributed by atoms with Gasteiger partial charge in [-0.3, -0.25) is 9.88 Å². The van der Waals surface area contributed by atoms with E-state index in [1.54, 1.807) is 0 Å². The van der Waals surface area contributed by atoms with Gasteiger partial charge in [-0.05, 0) is 83.0 Å². The molecule has 0 aliphatic carbocycles. The Bertz CT molecular complexity index is 1730. The Labute approximate surface area is 252 Å². The van der Waals surface area contributed by atoms with Crippen LogP contribution in [-0.2, 0) is 10.8 Å². The molecule has 212 valence electrons. The lowest BCUT2D eigenvalue weighted by Crippen LogP contribution is -2.38. The molecule has 1 aromatic heterocycles. The van der Waals surface area contributed by atoms with Gasteiger partial charge in [-0.1, -0.05) is 94.9 Å². The first-order valence-corrected chi connectivity index (χ1v) is 17.0. The lowest BCUT2D eigenvalue weighted by molar-refractivity contribution is 0.569. The van der Waals surface area contributed by atoms with Gasteiger partial charge in [0.1, 0.15) is 5.30 Å². The molecular formula is C38H41N3P+. The van der Waals surface area contributed by atoms with Crippen molar-refractivity contribution in [1.29, 1.82) is 0 Å². The maximum absolute atomic E-state index is 5.78. The van der Waals surface area contributed by atoms with E-state index in [2.05, 4.69) is 151 Å². The van der Waals surface area contributed by atoms with E-state index in [1.807, 2.05) is 12.3 Å². The Morgan fingerprint density at radius 2 is 1.40 bits per heavy atom. The third-order valence-electron chi connectivity index (χ3n) is 8.46. The molecule has 4 aromatic rings. The number of pyridine rings is 1. The second-order valence-electron chi connectivity index (χ2n) is 13.6. The maximum atomic E-state index is 5.78. The summed E-state index contributed by atoms with van der Waals surface area (Å²) in [7, 11) is -2.27. The van der Waals surface area contributed by atoms with E-state index in [4.69, 9.17) is 9.75 Å². The monoisotopic (exact) mass is 570 g/mol. The van der Waals surface area contributed by atoms with Crippen LogP contribution < -0.4 is 15.5 Å². The van der Waals surface area contributed by atoms with Gasteiger partial charge in [0, 0.05) is 23.0 Å². The van der Waals surface area contributed by atoms with Crippen LogP contribution in [0.15, 0.2) is 108 Å². The van der Waals surface area contributed by atoms with Crippen molar-refractivity contribution in [3.05, 3.63) is 120 Å². The van der Waals surface area contributed by atoms with E-state index in [1.165, 1.54) is 38.6 Å². The Balaban J connectivity index is 1.74. The number of fused-ring (bicyclic) bond motifs is 5. The van der Waals surface area contributed by atoms with Crippen molar-refractivity contribution in [3.8, 4) is 11.3 Å². The van der Waals surface area contributed by atoms with Crippen LogP contribution in [0.3, 0.4) is 0 Å². The zero-order chi connectivity index (χ0) is 29.9. The quantitative estimate of drug-likeness (QED) is 0.225. The van der Waals surface area contributed by atoms with Gasteiger partial charge >= 0.3 is 0 Å². The minimum atomic E-state index is -2.27. The minimum Gasteiger partial charge on any atom is -0.288 e. The zero-order valence-electron chi connectivity index (χ0n) is 26.1. The van der Waals surface area contributed by atoms with E-state index in [0.717, 1.165) is 22.8 Å². The summed E-state index contributed by atoms with van der Waals surface area (Å²) in [5.41, 5.74) is 9.63. The fourth-order valence-electron chi connectivity index (χ4n) is 6.04. The lowest BCUT2D eigenvalue weighted by Gasteiger charge is -2.36. The van der Waals surface area contributed by atoms with Gasteiger partial charge in [-0.15, -0.1) is 0 Å². The van der Waals surface area contributed by atoms with Gasteiger partial charge in [0.2, 0.25) is 7.41 Å². The van der Waals surface area contributed by atoms with Gasteiger partial charge in [-0.2, -0.15) is 0 Å². The summed E-state index contributed by atoms with van der Waals surface area (Å²) in [6.45, 7) is 18.4. The van der Waals surface area contributed by atoms with Crippen LogP contribution in [0.5, 0.6) is 0 Å². The van der Waals surface area contributed by atoms with Gasteiger partial charge < -0.3 is 0 Å². The highest BCUT2D eigenvalue weighted by molar-refractivity contribution is 7.88. The molecule has 0 saturated heterocycles. The van der Waals surface area contributed by atoms with Crippen molar-refractivity contribution in [2.45, 2.75) is 59.3 Å². The van der Waals surface area contributed by atoms with Crippen molar-refractivity contribution in [2.24, 2.45) is 4.76 Å². The molecule has 1 atom stereocenters. The summed E-state index contributed by atoms with van der Waals surface area (Å²) >= 11 is 0. The molecule has 3 heterocycles. The van der Waals surface area contributed by atoms with E-state index in [0.29, 0.717) is 0 Å². The summed E-state index contributed by atoms with van der Waals surface area (Å²) < 4.78 is 5.78. The highest BCUT2D eigenvalue weighted by Gasteiger charge is 2.50. The van der Waals surface area contributed by atoms with Gasteiger partial charge in [0.25, 0.3) is 0 Å². The minimum absolute atomic E-state index is 0.000794. The molecule has 2 bridgehead atoms. The number of hydrogen-bond donors (Lipinski definition) is 0. The van der Waals surface area contributed by atoms with Crippen LogP contribution in [0.4, 0.5) is 11.4 Å². The highest BCUT2D eigenvalue weighted by atomic mass is 31.2. The second kappa shape index (κ2) is 10.2. The van der Waals surface area contributed by atoms with Crippen LogP contribution in [-0.4, -0.2) is 17.5 Å². The van der Waals surface area contributed by atoms with Gasteiger partial charge in [0.15, 0.2) is 11.1 Å². The molecule has 2 aliphatic rings. The smallest absolute Gasteiger partial charge is 0.200 e. The topological polar surface area (TPSA) is 28.5 Å². The Kier molecular flexibility index (Phi) is 6.86. The number of hydrogen-bond acceptors (Lipinski definition) is 3. The Morgan fingerprint density at radius 3 is 2.07 bits per heavy atom. The predicted octanol–water partition coefficient (Wildman–Crippen LogP) is 9.38. The van der Waals surface area contributed by atoms with E-state index in [-0.39, 0.29) is 10.8 Å². The molecule has 0 spiro atoms. The molecule has 6 rings (SSSR count). The molecule has 2 aliphatic heterocycles. The second-order valence-corrected chi connectivity index (χ2v) is 16.7. The number of amidine groups is 1. The Hall–Kier alpha value is -3.81. The molecule has 0 fully saturated rings. The van der Waals surface area contributed by atoms with Gasteiger partial charge in [-0.25, -0.2) is 0 Å². The summed E-state index contributed by atoms with van der Waals surface area (Å²) in [5.74, 6) is 0.975. The SMILES string of the molecule is C/C1=C\C=C/C2=N[P+](C)(c3ccccc31)c1c(-c3ccccn3)cccc1N2c1cc(C(C)(C)C)cc(C(C)(C)C)c1. The molecule has 3 nitrogen and oxygen atoms in total. The molecule has 42 heavy (non-hydrogen) atoms. The summed E-state index contributed by atoms with van der Waals surface area (Å²) in [6, 6.07) is 28.8. The molecule has 0 amide bonds. The predicted molar refractivity (Wildman–Crippen MR) is 184 cm³/mol. The zero-order valence-corrected chi connectivity index (χ0v) is 27.0. The van der Waals surface area contributed by atoms with Crippen LogP contribution in [0, 0.1) is 0 Å². The maximum Gasteiger partial charge on any atom is 0.200 e. The summed E-state index contributed by atoms with van der Waals surface area (Å²) in [5, 5.41) is 2.59. The molecular weight excluding hydrogens is 529 g/mol. The number of anilines is 2.